The summed E-state index contributed by atoms with van der Waals surface area (Å²) in [6.45, 7) is 4.67. The van der Waals surface area contributed by atoms with Crippen molar-refractivity contribution in [1.82, 2.24) is 9.88 Å². The molecule has 0 radical (unpaired) electrons. The fourth-order valence-electron chi connectivity index (χ4n) is 4.56. The van der Waals surface area contributed by atoms with Gasteiger partial charge in [-0.1, -0.05) is 0 Å². The van der Waals surface area contributed by atoms with Crippen LogP contribution in [-0.4, -0.2) is 42.5 Å². The summed E-state index contributed by atoms with van der Waals surface area (Å²) < 4.78 is 11.3. The molecule has 2 aromatic carbocycles. The number of hydrogen-bond donors (Lipinski definition) is 2. The number of H-pyrrole nitrogens is 1. The normalized spacial score (nSPS) is 15.3. The number of nitrogens with one attached hydrogen (secondary N) is 2. The number of anilines is 1. The van der Waals surface area contributed by atoms with Gasteiger partial charge in [0, 0.05) is 36.3 Å². The van der Waals surface area contributed by atoms with Crippen LogP contribution in [0.25, 0.3) is 10.9 Å². The summed E-state index contributed by atoms with van der Waals surface area (Å²) in [7, 11) is 1.65. The highest BCUT2D eigenvalue weighted by atomic mass is 16.5. The van der Waals surface area contributed by atoms with Gasteiger partial charge in [-0.25, -0.2) is 0 Å². The van der Waals surface area contributed by atoms with Gasteiger partial charge in [0.2, 0.25) is 12.3 Å². The van der Waals surface area contributed by atoms with Crippen LogP contribution in [-0.2, 0) is 22.4 Å². The number of benzene rings is 2. The van der Waals surface area contributed by atoms with E-state index < -0.39 is 0 Å². The number of fused-ring (bicyclic) bond motifs is 2. The molecule has 1 aromatic heterocycles. The minimum absolute atomic E-state index is 0.0372. The summed E-state index contributed by atoms with van der Waals surface area (Å²) in [5.41, 5.74) is 5.26. The van der Waals surface area contributed by atoms with E-state index in [-0.39, 0.29) is 11.9 Å². The Labute approximate surface area is 187 Å². The molecule has 1 aliphatic rings. The molecule has 7 heteroatoms. The highest BCUT2D eigenvalue weighted by molar-refractivity contribution is 5.93. The van der Waals surface area contributed by atoms with E-state index in [0.717, 1.165) is 59.1 Å². The van der Waals surface area contributed by atoms with Crippen molar-refractivity contribution in [2.75, 3.05) is 25.6 Å². The second-order valence-electron chi connectivity index (χ2n) is 8.04. The zero-order valence-corrected chi connectivity index (χ0v) is 18.7. The minimum Gasteiger partial charge on any atom is -0.493 e. The minimum atomic E-state index is -0.0950. The molecule has 32 heavy (non-hydrogen) atoms. The predicted molar refractivity (Wildman–Crippen MR) is 124 cm³/mol. The molecule has 3 aromatic rings. The molecular weight excluding hydrogens is 406 g/mol. The number of ether oxygens (including phenoxy) is 2. The van der Waals surface area contributed by atoms with Crippen molar-refractivity contribution in [3.8, 4) is 11.5 Å². The van der Waals surface area contributed by atoms with Crippen LogP contribution in [0.2, 0.25) is 0 Å². The van der Waals surface area contributed by atoms with Crippen LogP contribution in [0, 0.1) is 0 Å². The molecule has 0 fully saturated rings. The van der Waals surface area contributed by atoms with Crippen LogP contribution in [0.5, 0.6) is 11.5 Å². The Kier molecular flexibility index (Phi) is 6.35. The number of rotatable bonds is 8. The summed E-state index contributed by atoms with van der Waals surface area (Å²) in [6, 6.07) is 9.89. The van der Waals surface area contributed by atoms with E-state index in [2.05, 4.69) is 10.3 Å². The molecule has 0 saturated heterocycles. The van der Waals surface area contributed by atoms with Crippen molar-refractivity contribution in [3.05, 3.63) is 53.2 Å². The second-order valence-corrected chi connectivity index (χ2v) is 8.04. The monoisotopic (exact) mass is 435 g/mol. The molecule has 2 N–H and O–H groups in total. The van der Waals surface area contributed by atoms with Gasteiger partial charge < -0.3 is 24.7 Å². The first kappa shape index (κ1) is 21.7. The lowest BCUT2D eigenvalue weighted by Gasteiger charge is -2.35. The van der Waals surface area contributed by atoms with Crippen LogP contribution >= 0.6 is 0 Å². The van der Waals surface area contributed by atoms with Crippen LogP contribution < -0.4 is 14.8 Å². The average molecular weight is 436 g/mol. The highest BCUT2D eigenvalue weighted by Gasteiger charge is 2.28. The number of carbonyl (C=O) groups excluding carboxylic acids is 2. The van der Waals surface area contributed by atoms with Gasteiger partial charge in [0.25, 0.3) is 0 Å². The second kappa shape index (κ2) is 9.34. The zero-order chi connectivity index (χ0) is 22.7. The van der Waals surface area contributed by atoms with Gasteiger partial charge in [0.1, 0.15) is 0 Å². The van der Waals surface area contributed by atoms with E-state index in [9.17, 15) is 9.59 Å². The van der Waals surface area contributed by atoms with Crippen LogP contribution in [0.4, 0.5) is 5.69 Å². The molecule has 0 unspecified atom stereocenters. The van der Waals surface area contributed by atoms with Crippen molar-refractivity contribution in [3.63, 3.8) is 0 Å². The first-order chi connectivity index (χ1) is 15.5. The van der Waals surface area contributed by atoms with Crippen molar-refractivity contribution in [2.45, 2.75) is 39.2 Å². The molecule has 4 rings (SSSR count). The van der Waals surface area contributed by atoms with E-state index in [0.29, 0.717) is 18.9 Å². The molecule has 1 aliphatic heterocycles. The van der Waals surface area contributed by atoms with Crippen LogP contribution in [0.1, 0.15) is 43.0 Å². The Balaban J connectivity index is 1.63. The number of hydrogen-bond acceptors (Lipinski definition) is 4. The quantitative estimate of drug-likeness (QED) is 0.519. The van der Waals surface area contributed by atoms with Gasteiger partial charge in [-0.2, -0.15) is 0 Å². The van der Waals surface area contributed by atoms with E-state index >= 15 is 0 Å². The SMILES string of the molecule is CCOc1cc2c(cc1OC)CCN(C=O)[C@@H]2CCc1c[nH]c2ccc(NC(C)=O)cc12. The molecule has 1 atom stereocenters. The number of aryl methyl sites for hydroxylation is 1. The van der Waals surface area contributed by atoms with Gasteiger partial charge in [-0.3, -0.25) is 9.59 Å². The van der Waals surface area contributed by atoms with Gasteiger partial charge in [0.15, 0.2) is 11.5 Å². The number of aromatic nitrogens is 1. The first-order valence-corrected chi connectivity index (χ1v) is 11.0. The number of nitrogens with zero attached hydrogens (tertiary/aromatic N) is 1. The fraction of sp³-hybridized carbons (Fsp3) is 0.360. The van der Waals surface area contributed by atoms with E-state index in [1.165, 1.54) is 12.5 Å². The van der Waals surface area contributed by atoms with E-state index in [1.54, 1.807) is 7.11 Å². The molecule has 168 valence electrons. The summed E-state index contributed by atoms with van der Waals surface area (Å²) in [5, 5.41) is 3.92. The molecule has 0 spiro atoms. The lowest BCUT2D eigenvalue weighted by atomic mass is 9.88. The summed E-state index contributed by atoms with van der Waals surface area (Å²) in [4.78, 5) is 28.5. The first-order valence-electron chi connectivity index (χ1n) is 11.0. The van der Waals surface area contributed by atoms with Gasteiger partial charge in [-0.15, -0.1) is 0 Å². The molecule has 0 bridgehead atoms. The summed E-state index contributed by atoms with van der Waals surface area (Å²) >= 11 is 0. The molecule has 0 aliphatic carbocycles. The molecule has 2 amide bonds. The topological polar surface area (TPSA) is 83.7 Å². The average Bonchev–Trinajstić information content (AvgIpc) is 3.19. The van der Waals surface area contributed by atoms with Crippen LogP contribution in [0.15, 0.2) is 36.5 Å². The largest absolute Gasteiger partial charge is 0.493 e. The number of aromatic amines is 1. The lowest BCUT2D eigenvalue weighted by Crippen LogP contribution is -2.34. The predicted octanol–water partition coefficient (Wildman–Crippen LogP) is 4.22. The van der Waals surface area contributed by atoms with Crippen molar-refractivity contribution < 1.29 is 19.1 Å². The van der Waals surface area contributed by atoms with Crippen molar-refractivity contribution >= 4 is 28.9 Å². The number of methoxy groups -OCH3 is 1. The van der Waals surface area contributed by atoms with Crippen molar-refractivity contribution in [2.24, 2.45) is 0 Å². The lowest BCUT2D eigenvalue weighted by molar-refractivity contribution is -0.121. The third-order valence-corrected chi connectivity index (χ3v) is 6.03. The zero-order valence-electron chi connectivity index (χ0n) is 18.7. The Morgan fingerprint density at radius 3 is 2.84 bits per heavy atom. The maximum Gasteiger partial charge on any atom is 0.221 e. The van der Waals surface area contributed by atoms with Gasteiger partial charge >= 0.3 is 0 Å². The smallest absolute Gasteiger partial charge is 0.221 e. The van der Waals surface area contributed by atoms with E-state index in [4.69, 9.17) is 9.47 Å². The van der Waals surface area contributed by atoms with Crippen LogP contribution in [0.3, 0.4) is 0 Å². The Bertz CT molecular complexity index is 1140. The molecule has 2 heterocycles. The fourth-order valence-corrected chi connectivity index (χ4v) is 4.56. The standard InChI is InChI=1S/C25H29N3O4/c1-4-32-25-13-21-17(11-24(25)31-3)9-10-28(15-29)23(21)8-5-18-14-26-22-7-6-19(12-20(18)22)27-16(2)30/h6-7,11-15,23,26H,4-5,8-10H2,1-3H3,(H,27,30)/t23-/m1/s1. The number of amides is 2. The third kappa shape index (κ3) is 4.28. The summed E-state index contributed by atoms with van der Waals surface area (Å²) in [5.74, 6) is 1.34. The Hall–Kier alpha value is -3.48. The van der Waals surface area contributed by atoms with E-state index in [1.807, 2.05) is 48.4 Å². The Morgan fingerprint density at radius 2 is 2.12 bits per heavy atom. The van der Waals surface area contributed by atoms with Gasteiger partial charge in [-0.05, 0) is 73.2 Å². The highest BCUT2D eigenvalue weighted by Crippen LogP contribution is 2.40. The van der Waals surface area contributed by atoms with Gasteiger partial charge in [0.05, 0.1) is 19.8 Å². The molecule has 0 saturated carbocycles. The Morgan fingerprint density at radius 1 is 1.28 bits per heavy atom. The number of carbonyl (C=O) groups is 2. The maximum absolute atomic E-state index is 11.9. The maximum atomic E-state index is 11.9. The molecule has 7 nitrogen and oxygen atoms in total. The molecular formula is C25H29N3O4. The third-order valence-electron chi connectivity index (χ3n) is 6.03. The summed E-state index contributed by atoms with van der Waals surface area (Å²) in [6.07, 6.45) is 5.31. The van der Waals surface area contributed by atoms with Crippen molar-refractivity contribution in [1.29, 1.82) is 0 Å².